The van der Waals surface area contributed by atoms with Gasteiger partial charge in [-0.1, -0.05) is 60.7 Å². The van der Waals surface area contributed by atoms with Gasteiger partial charge in [-0.15, -0.1) is 0 Å². The number of nitrogens with one attached hydrogen (secondary N) is 3. The molecule has 0 unspecified atom stereocenters. The summed E-state index contributed by atoms with van der Waals surface area (Å²) in [5.74, 6) is -1.20. The molecule has 0 saturated carbocycles. The number of ether oxygens (including phenoxy) is 1. The van der Waals surface area contributed by atoms with Crippen LogP contribution >= 0.6 is 0 Å². The number of amides is 4. The highest BCUT2D eigenvalue weighted by Gasteiger charge is 2.42. The van der Waals surface area contributed by atoms with Crippen LogP contribution in [0, 0.1) is 0 Å². The van der Waals surface area contributed by atoms with E-state index in [4.69, 9.17) is 10.5 Å². The molecule has 10 heteroatoms. The zero-order chi connectivity index (χ0) is 30.3. The fourth-order valence-electron chi connectivity index (χ4n) is 5.07. The van der Waals surface area contributed by atoms with Gasteiger partial charge in [-0.2, -0.15) is 0 Å². The number of hydrogen-bond donors (Lipinski definition) is 4. The molecule has 0 radical (unpaired) electrons. The van der Waals surface area contributed by atoms with E-state index in [1.54, 1.807) is 20.8 Å². The maximum absolute atomic E-state index is 14.0. The number of anilines is 1. The Hall–Kier alpha value is -4.44. The monoisotopic (exact) mass is 573 g/mol. The molecule has 0 spiro atoms. The molecule has 1 aliphatic heterocycles. The molecule has 1 heterocycles. The van der Waals surface area contributed by atoms with Crippen molar-refractivity contribution in [1.82, 2.24) is 15.5 Å². The second-order valence-electron chi connectivity index (χ2n) is 11.5. The van der Waals surface area contributed by atoms with Crippen LogP contribution in [0.15, 0.2) is 72.8 Å². The third kappa shape index (κ3) is 8.29. The van der Waals surface area contributed by atoms with Crippen LogP contribution in [0.4, 0.5) is 10.5 Å². The molecule has 222 valence electrons. The number of carbonyl (C=O) groups excluding carboxylic acids is 4. The van der Waals surface area contributed by atoms with Crippen molar-refractivity contribution >= 4 is 40.3 Å². The number of nitrogens with two attached hydrogens (primary N) is 1. The van der Waals surface area contributed by atoms with E-state index in [2.05, 4.69) is 16.0 Å². The van der Waals surface area contributed by atoms with Gasteiger partial charge in [-0.05, 0) is 68.5 Å². The molecule has 5 N–H and O–H groups in total. The Morgan fingerprint density at radius 1 is 0.976 bits per heavy atom. The molecule has 1 saturated heterocycles. The minimum Gasteiger partial charge on any atom is -0.444 e. The molecule has 0 aliphatic carbocycles. The highest BCUT2D eigenvalue weighted by molar-refractivity contribution is 6.00. The summed E-state index contributed by atoms with van der Waals surface area (Å²) in [6.07, 6.45) is 0.284. The summed E-state index contributed by atoms with van der Waals surface area (Å²) in [4.78, 5) is 54.0. The van der Waals surface area contributed by atoms with Crippen LogP contribution in [-0.2, 0) is 25.5 Å². The molecule has 0 bridgehead atoms. The summed E-state index contributed by atoms with van der Waals surface area (Å²) in [6, 6.07) is 20.7. The molecule has 1 aliphatic rings. The standard InChI is InChI=1S/C32H39N5O5/c1-32(2,3)42-31(41)36-26(16-13-21-9-5-4-6-10-21)30(40)37-20-25(34-28(38)19-33)18-27(37)29(39)35-24-15-14-22-11-7-8-12-23(22)17-24/h4-12,14-15,17,25-27H,13,16,18-20,33H2,1-3H3,(H,34,38)(H,35,39)(H,36,41)/t25-,26-,27-/m0/s1. The number of hydrogen-bond acceptors (Lipinski definition) is 6. The first-order valence-electron chi connectivity index (χ1n) is 14.2. The SMILES string of the molecule is CC(C)(C)OC(=O)N[C@@H](CCc1ccccc1)C(=O)N1C[C@@H](NC(=O)CN)C[C@H]1C(=O)Nc1ccc2ccccc2c1. The van der Waals surface area contributed by atoms with E-state index in [1.165, 1.54) is 4.90 Å². The zero-order valence-corrected chi connectivity index (χ0v) is 24.3. The van der Waals surface area contributed by atoms with Crippen molar-refractivity contribution < 1.29 is 23.9 Å². The number of rotatable bonds is 9. The Morgan fingerprint density at radius 2 is 1.67 bits per heavy atom. The van der Waals surface area contributed by atoms with Gasteiger partial charge in [0.2, 0.25) is 17.7 Å². The highest BCUT2D eigenvalue weighted by Crippen LogP contribution is 2.24. The van der Waals surface area contributed by atoms with Crippen LogP contribution in [0.3, 0.4) is 0 Å². The maximum atomic E-state index is 14.0. The summed E-state index contributed by atoms with van der Waals surface area (Å²) >= 11 is 0. The largest absolute Gasteiger partial charge is 0.444 e. The van der Waals surface area contributed by atoms with Crippen molar-refractivity contribution in [3.63, 3.8) is 0 Å². The summed E-state index contributed by atoms with van der Waals surface area (Å²) in [6.45, 7) is 5.11. The maximum Gasteiger partial charge on any atom is 0.408 e. The van der Waals surface area contributed by atoms with Crippen LogP contribution in [0.1, 0.15) is 39.2 Å². The predicted octanol–water partition coefficient (Wildman–Crippen LogP) is 3.35. The van der Waals surface area contributed by atoms with Crippen molar-refractivity contribution in [2.24, 2.45) is 5.73 Å². The van der Waals surface area contributed by atoms with E-state index in [-0.39, 0.29) is 37.7 Å². The third-order valence-corrected chi connectivity index (χ3v) is 7.01. The summed E-state index contributed by atoms with van der Waals surface area (Å²) in [7, 11) is 0. The lowest BCUT2D eigenvalue weighted by molar-refractivity contribution is -0.138. The van der Waals surface area contributed by atoms with E-state index in [1.807, 2.05) is 72.8 Å². The molecule has 10 nitrogen and oxygen atoms in total. The number of fused-ring (bicyclic) bond motifs is 1. The van der Waals surface area contributed by atoms with Gasteiger partial charge < -0.3 is 31.3 Å². The van der Waals surface area contributed by atoms with E-state index in [0.29, 0.717) is 12.1 Å². The first kappa shape index (κ1) is 30.5. The molecule has 4 amide bonds. The third-order valence-electron chi connectivity index (χ3n) is 7.01. The van der Waals surface area contributed by atoms with Crippen LogP contribution in [0.25, 0.3) is 10.8 Å². The molecular formula is C32H39N5O5. The van der Waals surface area contributed by atoms with E-state index in [9.17, 15) is 19.2 Å². The lowest BCUT2D eigenvalue weighted by Crippen LogP contribution is -2.53. The molecule has 42 heavy (non-hydrogen) atoms. The summed E-state index contributed by atoms with van der Waals surface area (Å²) < 4.78 is 5.44. The van der Waals surface area contributed by atoms with Crippen LogP contribution in [-0.4, -0.2) is 65.5 Å². The first-order chi connectivity index (χ1) is 20.0. The minimum absolute atomic E-state index is 0.0955. The molecule has 3 aromatic carbocycles. The first-order valence-corrected chi connectivity index (χ1v) is 14.2. The Balaban J connectivity index is 1.57. The van der Waals surface area contributed by atoms with E-state index < -0.39 is 35.7 Å². The van der Waals surface area contributed by atoms with Gasteiger partial charge in [-0.3, -0.25) is 14.4 Å². The highest BCUT2D eigenvalue weighted by atomic mass is 16.6. The minimum atomic E-state index is -0.958. The van der Waals surface area contributed by atoms with E-state index >= 15 is 0 Å². The molecule has 3 aromatic rings. The van der Waals surface area contributed by atoms with Gasteiger partial charge in [0.15, 0.2) is 0 Å². The van der Waals surface area contributed by atoms with Gasteiger partial charge in [0.1, 0.15) is 17.7 Å². The number of nitrogens with zero attached hydrogens (tertiary/aromatic N) is 1. The number of likely N-dealkylation sites (tertiary alicyclic amines) is 1. The summed E-state index contributed by atoms with van der Waals surface area (Å²) in [5.41, 5.74) is 6.33. The average Bonchev–Trinajstić information content (AvgIpc) is 3.38. The van der Waals surface area contributed by atoms with Gasteiger partial charge in [0.05, 0.1) is 6.54 Å². The van der Waals surface area contributed by atoms with Gasteiger partial charge in [0.25, 0.3) is 0 Å². The average molecular weight is 574 g/mol. The Morgan fingerprint density at radius 3 is 2.36 bits per heavy atom. The molecule has 3 atom stereocenters. The number of carbonyl (C=O) groups is 4. The molecule has 1 fully saturated rings. The van der Waals surface area contributed by atoms with Gasteiger partial charge in [0, 0.05) is 18.3 Å². The van der Waals surface area contributed by atoms with Crippen molar-refractivity contribution in [2.75, 3.05) is 18.4 Å². The van der Waals surface area contributed by atoms with Gasteiger partial charge >= 0.3 is 6.09 Å². The summed E-state index contributed by atoms with van der Waals surface area (Å²) in [5, 5.41) is 10.5. The Labute approximate surface area is 246 Å². The Bertz CT molecular complexity index is 1420. The predicted molar refractivity (Wildman–Crippen MR) is 162 cm³/mol. The van der Waals surface area contributed by atoms with Gasteiger partial charge in [-0.25, -0.2) is 4.79 Å². The lowest BCUT2D eigenvalue weighted by atomic mass is 10.0. The molecule has 0 aromatic heterocycles. The Kier molecular flexibility index (Phi) is 9.80. The smallest absolute Gasteiger partial charge is 0.408 e. The van der Waals surface area contributed by atoms with Crippen molar-refractivity contribution in [2.45, 2.75) is 63.8 Å². The fourth-order valence-corrected chi connectivity index (χ4v) is 5.07. The topological polar surface area (TPSA) is 143 Å². The number of alkyl carbamates (subject to hydrolysis) is 1. The number of aryl methyl sites for hydroxylation is 1. The normalized spacial score (nSPS) is 17.4. The van der Waals surface area contributed by atoms with Crippen LogP contribution in [0.2, 0.25) is 0 Å². The fraction of sp³-hybridized carbons (Fsp3) is 0.375. The zero-order valence-electron chi connectivity index (χ0n) is 24.3. The number of benzene rings is 3. The quantitative estimate of drug-likeness (QED) is 0.309. The van der Waals surface area contributed by atoms with Crippen molar-refractivity contribution in [3.05, 3.63) is 78.4 Å². The van der Waals surface area contributed by atoms with Crippen LogP contribution in [0.5, 0.6) is 0 Å². The lowest BCUT2D eigenvalue weighted by Gasteiger charge is -2.29. The van der Waals surface area contributed by atoms with Crippen molar-refractivity contribution in [3.8, 4) is 0 Å². The molecular weight excluding hydrogens is 534 g/mol. The second kappa shape index (κ2) is 13.5. The second-order valence-corrected chi connectivity index (χ2v) is 11.5. The van der Waals surface area contributed by atoms with E-state index in [0.717, 1.165) is 16.3 Å². The molecule has 4 rings (SSSR count). The van der Waals surface area contributed by atoms with Crippen molar-refractivity contribution in [1.29, 1.82) is 0 Å². The van der Waals surface area contributed by atoms with Crippen LogP contribution < -0.4 is 21.7 Å².